The van der Waals surface area contributed by atoms with Crippen LogP contribution in [0.3, 0.4) is 0 Å². The molecule has 0 aliphatic carbocycles. The van der Waals surface area contributed by atoms with Crippen molar-refractivity contribution in [1.82, 2.24) is 15.1 Å². The number of carboxylic acids is 1. The normalized spacial score (nSPS) is 10.5. The minimum Gasteiger partial charge on any atom is -0.476 e. The molecule has 0 spiro atoms. The highest BCUT2D eigenvalue weighted by Gasteiger charge is 2.18. The van der Waals surface area contributed by atoms with E-state index in [-0.39, 0.29) is 21.9 Å². The molecule has 66 valence electrons. The van der Waals surface area contributed by atoms with Gasteiger partial charge < -0.3 is 9.63 Å². The summed E-state index contributed by atoms with van der Waals surface area (Å²) in [6, 6.07) is 0. The van der Waals surface area contributed by atoms with E-state index in [0.29, 0.717) is 0 Å². The van der Waals surface area contributed by atoms with Gasteiger partial charge in [0.05, 0.1) is 0 Å². The topological polar surface area (TPSA) is 89.1 Å². The second kappa shape index (κ2) is 2.67. The first-order valence-electron chi connectivity index (χ1n) is 3.19. The Labute approximate surface area is 76.1 Å². The number of aromatic carboxylic acids is 1. The number of carbonyl (C=O) groups is 1. The Morgan fingerprint density at radius 2 is 2.31 bits per heavy atom. The molecule has 2 rings (SSSR count). The predicted molar refractivity (Wildman–Crippen MR) is 41.6 cm³/mol. The van der Waals surface area contributed by atoms with Gasteiger partial charge in [-0.05, 0) is 0 Å². The molecule has 2 aromatic rings. The van der Waals surface area contributed by atoms with Crippen LogP contribution in [0.1, 0.15) is 10.5 Å². The molecule has 6 nitrogen and oxygen atoms in total. The van der Waals surface area contributed by atoms with E-state index in [1.807, 2.05) is 0 Å². The average Bonchev–Trinajstić information content (AvgIpc) is 2.48. The van der Waals surface area contributed by atoms with Crippen LogP contribution in [-0.2, 0) is 0 Å². The van der Waals surface area contributed by atoms with Crippen molar-refractivity contribution in [3.63, 3.8) is 0 Å². The van der Waals surface area contributed by atoms with E-state index < -0.39 is 5.97 Å². The Morgan fingerprint density at radius 1 is 1.54 bits per heavy atom. The molecule has 0 aliphatic heterocycles. The molecule has 1 N–H and O–H groups in total. The molecular weight excluding hydrogens is 198 g/mol. The van der Waals surface area contributed by atoms with Crippen molar-refractivity contribution in [2.45, 2.75) is 0 Å². The Balaban J connectivity index is 2.83. The van der Waals surface area contributed by atoms with Gasteiger partial charge >= 0.3 is 5.97 Å². The van der Waals surface area contributed by atoms with Crippen LogP contribution in [0.25, 0.3) is 11.1 Å². The summed E-state index contributed by atoms with van der Waals surface area (Å²) in [5.41, 5.74) is -0.0756. The number of carboxylic acid groups (broad SMARTS) is 1. The van der Waals surface area contributed by atoms with Crippen LogP contribution >= 0.6 is 11.6 Å². The number of hydrogen-bond acceptors (Lipinski definition) is 5. The summed E-state index contributed by atoms with van der Waals surface area (Å²) in [4.78, 5) is 17.9. The van der Waals surface area contributed by atoms with Crippen molar-refractivity contribution in [3.8, 4) is 0 Å². The van der Waals surface area contributed by atoms with Crippen molar-refractivity contribution in [2.75, 3.05) is 0 Å². The number of rotatable bonds is 1. The maximum absolute atomic E-state index is 10.6. The van der Waals surface area contributed by atoms with Crippen molar-refractivity contribution >= 4 is 28.7 Å². The maximum atomic E-state index is 10.6. The number of halogens is 1. The van der Waals surface area contributed by atoms with Crippen molar-refractivity contribution in [2.24, 2.45) is 0 Å². The second-order valence-corrected chi connectivity index (χ2v) is 2.54. The third-order valence-electron chi connectivity index (χ3n) is 1.42. The molecule has 0 fully saturated rings. The maximum Gasteiger partial charge on any atom is 0.360 e. The van der Waals surface area contributed by atoms with E-state index in [1.165, 1.54) is 0 Å². The summed E-state index contributed by atoms with van der Waals surface area (Å²) in [6.45, 7) is 0. The van der Waals surface area contributed by atoms with Gasteiger partial charge in [-0.1, -0.05) is 16.8 Å². The first-order chi connectivity index (χ1) is 6.20. The van der Waals surface area contributed by atoms with E-state index >= 15 is 0 Å². The van der Waals surface area contributed by atoms with Crippen molar-refractivity contribution in [3.05, 3.63) is 17.2 Å². The quantitative estimate of drug-likeness (QED) is 0.689. The lowest BCUT2D eigenvalue weighted by atomic mass is 10.3. The highest BCUT2D eigenvalue weighted by atomic mass is 35.5. The lowest BCUT2D eigenvalue weighted by Gasteiger charge is -1.87. The summed E-state index contributed by atoms with van der Waals surface area (Å²) in [7, 11) is 0. The molecule has 0 saturated carbocycles. The van der Waals surface area contributed by atoms with Crippen LogP contribution in [0.4, 0.5) is 0 Å². The number of nitrogens with zero attached hydrogens (tertiary/aromatic N) is 3. The Bertz CT molecular complexity index is 481. The minimum atomic E-state index is -1.21. The molecular formula is C6H2ClN3O3. The van der Waals surface area contributed by atoms with Gasteiger partial charge in [0.1, 0.15) is 6.33 Å². The highest BCUT2D eigenvalue weighted by molar-refractivity contribution is 6.33. The molecule has 13 heavy (non-hydrogen) atoms. The van der Waals surface area contributed by atoms with Gasteiger partial charge in [0.15, 0.2) is 10.7 Å². The lowest BCUT2D eigenvalue weighted by Crippen LogP contribution is -1.97. The van der Waals surface area contributed by atoms with Gasteiger partial charge in [0.25, 0.3) is 0 Å². The molecule has 0 radical (unpaired) electrons. The third-order valence-corrected chi connectivity index (χ3v) is 1.68. The van der Waals surface area contributed by atoms with Gasteiger partial charge in [0.2, 0.25) is 11.3 Å². The summed E-state index contributed by atoms with van der Waals surface area (Å²) in [5.74, 6) is -1.21. The van der Waals surface area contributed by atoms with Gasteiger partial charge in [0, 0.05) is 0 Å². The molecule has 2 heterocycles. The zero-order chi connectivity index (χ0) is 9.42. The Hall–Kier alpha value is -1.69. The minimum absolute atomic E-state index is 0.0463. The number of hydrogen-bond donors (Lipinski definition) is 1. The van der Waals surface area contributed by atoms with E-state index in [0.717, 1.165) is 6.33 Å². The molecule has 0 aliphatic rings. The fourth-order valence-corrected chi connectivity index (χ4v) is 1.04. The lowest BCUT2D eigenvalue weighted by molar-refractivity contribution is 0.0687. The van der Waals surface area contributed by atoms with Crippen LogP contribution in [0, 0.1) is 0 Å². The van der Waals surface area contributed by atoms with Gasteiger partial charge in [-0.2, -0.15) is 0 Å². The molecule has 7 heteroatoms. The predicted octanol–water partition coefficient (Wildman–Crippen LogP) is 0.969. The largest absolute Gasteiger partial charge is 0.476 e. The fraction of sp³-hybridized carbons (Fsp3) is 0. The first kappa shape index (κ1) is 7.93. The summed E-state index contributed by atoms with van der Waals surface area (Å²) >= 11 is 5.60. The summed E-state index contributed by atoms with van der Waals surface area (Å²) in [5, 5.41) is 12.0. The zero-order valence-corrected chi connectivity index (χ0v) is 6.82. The smallest absolute Gasteiger partial charge is 0.360 e. The van der Waals surface area contributed by atoms with Crippen molar-refractivity contribution < 1.29 is 14.4 Å². The fourth-order valence-electron chi connectivity index (χ4n) is 0.877. The van der Waals surface area contributed by atoms with E-state index in [4.69, 9.17) is 16.7 Å². The summed E-state index contributed by atoms with van der Waals surface area (Å²) in [6.07, 6.45) is 1.15. The van der Waals surface area contributed by atoms with E-state index in [2.05, 4.69) is 19.6 Å². The summed E-state index contributed by atoms with van der Waals surface area (Å²) < 4.78 is 4.65. The van der Waals surface area contributed by atoms with E-state index in [9.17, 15) is 4.79 Å². The Morgan fingerprint density at radius 3 is 3.00 bits per heavy atom. The molecule has 0 unspecified atom stereocenters. The van der Waals surface area contributed by atoms with Gasteiger partial charge in [-0.3, -0.25) is 0 Å². The van der Waals surface area contributed by atoms with Crippen LogP contribution in [0.15, 0.2) is 10.9 Å². The third kappa shape index (κ3) is 1.11. The molecule has 0 aromatic carbocycles. The van der Waals surface area contributed by atoms with Crippen LogP contribution in [0.2, 0.25) is 5.15 Å². The van der Waals surface area contributed by atoms with E-state index in [1.54, 1.807) is 0 Å². The molecule has 0 bridgehead atoms. The average molecular weight is 200 g/mol. The second-order valence-electron chi connectivity index (χ2n) is 2.18. The van der Waals surface area contributed by atoms with Crippen molar-refractivity contribution in [1.29, 1.82) is 0 Å². The number of aromatic nitrogens is 3. The van der Waals surface area contributed by atoms with Crippen LogP contribution in [0.5, 0.6) is 0 Å². The Kier molecular flexibility index (Phi) is 1.63. The first-order valence-corrected chi connectivity index (χ1v) is 3.57. The van der Waals surface area contributed by atoms with Gasteiger partial charge in [-0.25, -0.2) is 14.8 Å². The highest BCUT2D eigenvalue weighted by Crippen LogP contribution is 2.21. The zero-order valence-electron chi connectivity index (χ0n) is 6.06. The van der Waals surface area contributed by atoms with Gasteiger partial charge in [-0.15, -0.1) is 0 Å². The number of fused-ring (bicyclic) bond motifs is 1. The molecule has 0 saturated heterocycles. The SMILES string of the molecule is O=C(O)c1noc2c(Cl)ncnc12. The molecule has 2 aromatic heterocycles. The standard InChI is InChI=1S/C6H2ClN3O3/c7-5-4-2(8-1-9-5)3(6(11)12)10-13-4/h1H,(H,11,12). The van der Waals surface area contributed by atoms with Crippen LogP contribution < -0.4 is 0 Å². The molecule has 0 amide bonds. The van der Waals surface area contributed by atoms with Crippen LogP contribution in [-0.4, -0.2) is 26.2 Å². The molecule has 0 atom stereocenters. The monoisotopic (exact) mass is 199 g/mol.